The molecule has 0 radical (unpaired) electrons. The molecule has 1 atom stereocenters. The van der Waals surface area contributed by atoms with Gasteiger partial charge in [-0.15, -0.1) is 11.8 Å². The second-order valence-electron chi connectivity index (χ2n) is 5.55. The number of hydrogen-bond acceptors (Lipinski definition) is 6. The smallest absolute Gasteiger partial charge is 0.324 e. The van der Waals surface area contributed by atoms with Crippen LogP contribution in [0.5, 0.6) is 0 Å². The number of alkyl halides is 3. The lowest BCUT2D eigenvalue weighted by atomic mass is 10.2. The molecule has 0 aromatic heterocycles. The van der Waals surface area contributed by atoms with Crippen molar-refractivity contribution in [3.63, 3.8) is 0 Å². The average Bonchev–Trinajstić information content (AvgIpc) is 2.52. The van der Waals surface area contributed by atoms with Crippen molar-refractivity contribution in [3.8, 4) is 0 Å². The molecule has 0 saturated heterocycles. The second kappa shape index (κ2) is 9.10. The Morgan fingerprint density at radius 2 is 1.85 bits per heavy atom. The van der Waals surface area contributed by atoms with Gasteiger partial charge in [0.15, 0.2) is 0 Å². The summed E-state index contributed by atoms with van der Waals surface area (Å²) >= 11 is 0.949. The fraction of sp³-hybridized carbons (Fsp3) is 0.600. The Balaban J connectivity index is 3.33. The van der Waals surface area contributed by atoms with Crippen LogP contribution in [0.2, 0.25) is 0 Å². The predicted octanol–water partition coefficient (Wildman–Crippen LogP) is 5.20. The van der Waals surface area contributed by atoms with Gasteiger partial charge in [0.2, 0.25) is 7.37 Å². The summed E-state index contributed by atoms with van der Waals surface area (Å²) < 4.78 is 87.5. The van der Waals surface area contributed by atoms with Gasteiger partial charge in [0.1, 0.15) is 11.2 Å². The maximum Gasteiger partial charge on any atom is 0.417 e. The molecule has 0 N–H and O–H groups in total. The molecular formula is C15H22F3O5PS2. The van der Waals surface area contributed by atoms with Gasteiger partial charge in [-0.05, 0) is 31.7 Å². The van der Waals surface area contributed by atoms with Gasteiger partial charge in [-0.1, -0.05) is 19.9 Å². The average molecular weight is 434 g/mol. The first-order valence-electron chi connectivity index (χ1n) is 7.85. The van der Waals surface area contributed by atoms with Gasteiger partial charge in [0.05, 0.1) is 11.7 Å². The van der Waals surface area contributed by atoms with Crippen molar-refractivity contribution >= 4 is 29.2 Å². The summed E-state index contributed by atoms with van der Waals surface area (Å²) in [6.45, 7) is 6.45. The van der Waals surface area contributed by atoms with E-state index in [0.29, 0.717) is 11.8 Å². The minimum Gasteiger partial charge on any atom is -0.324 e. The fourth-order valence-electron chi connectivity index (χ4n) is 2.06. The van der Waals surface area contributed by atoms with Crippen LogP contribution in [0.3, 0.4) is 0 Å². The van der Waals surface area contributed by atoms with Crippen LogP contribution in [0.1, 0.15) is 33.3 Å². The van der Waals surface area contributed by atoms with E-state index < -0.39 is 46.6 Å². The van der Waals surface area contributed by atoms with E-state index in [1.807, 2.05) is 0 Å². The van der Waals surface area contributed by atoms with E-state index in [-0.39, 0.29) is 11.1 Å². The number of rotatable bonds is 9. The van der Waals surface area contributed by atoms with Gasteiger partial charge < -0.3 is 4.52 Å². The fourth-order valence-corrected chi connectivity index (χ4v) is 6.51. The van der Waals surface area contributed by atoms with Gasteiger partial charge in [-0.2, -0.15) is 21.6 Å². The molecule has 0 saturated carbocycles. The molecule has 1 aromatic rings. The van der Waals surface area contributed by atoms with Gasteiger partial charge in [-0.25, -0.2) is 0 Å². The van der Waals surface area contributed by atoms with Crippen molar-refractivity contribution in [1.82, 2.24) is 0 Å². The van der Waals surface area contributed by atoms with Crippen LogP contribution in [0.4, 0.5) is 13.2 Å². The zero-order valence-corrected chi connectivity index (χ0v) is 17.4. The zero-order valence-electron chi connectivity index (χ0n) is 14.9. The standard InChI is InChI=1S/C15H22F3O5PS2/c1-5-24(19,23-11(3)4)10-22-26(20,21)14-12(15(16,17)18)8-7-9-13(14)25-6-2/h7-9,11H,5-6,10H2,1-4H3. The van der Waals surface area contributed by atoms with Gasteiger partial charge in [0, 0.05) is 11.1 Å². The van der Waals surface area contributed by atoms with Gasteiger partial charge >= 0.3 is 6.18 Å². The minimum absolute atomic E-state index is 0.00180. The number of hydrogen-bond donors (Lipinski definition) is 0. The summed E-state index contributed by atoms with van der Waals surface area (Å²) in [7, 11) is -8.25. The van der Waals surface area contributed by atoms with Crippen LogP contribution >= 0.6 is 19.1 Å². The molecule has 0 amide bonds. The Bertz CT molecular complexity index is 763. The molecule has 11 heteroatoms. The Morgan fingerprint density at radius 1 is 1.23 bits per heavy atom. The quantitative estimate of drug-likeness (QED) is 0.302. The van der Waals surface area contributed by atoms with E-state index in [9.17, 15) is 26.2 Å². The molecule has 1 rings (SSSR count). The highest BCUT2D eigenvalue weighted by Crippen LogP contribution is 2.49. The highest BCUT2D eigenvalue weighted by Gasteiger charge is 2.40. The summed E-state index contributed by atoms with van der Waals surface area (Å²) in [5, 5.41) is 0. The molecule has 0 spiro atoms. The van der Waals surface area contributed by atoms with Gasteiger partial charge in [0.25, 0.3) is 10.1 Å². The maximum absolute atomic E-state index is 13.3. The van der Waals surface area contributed by atoms with E-state index in [2.05, 4.69) is 0 Å². The Labute approximate surface area is 156 Å². The van der Waals surface area contributed by atoms with Crippen molar-refractivity contribution in [1.29, 1.82) is 0 Å². The molecule has 150 valence electrons. The molecule has 0 bridgehead atoms. The highest BCUT2D eigenvalue weighted by molar-refractivity contribution is 8.00. The van der Waals surface area contributed by atoms with Crippen molar-refractivity contribution in [2.24, 2.45) is 0 Å². The summed E-state index contributed by atoms with van der Waals surface area (Å²) in [4.78, 5) is -1.02. The monoisotopic (exact) mass is 434 g/mol. The summed E-state index contributed by atoms with van der Waals surface area (Å²) in [6, 6.07) is 3.10. The van der Waals surface area contributed by atoms with Crippen LogP contribution < -0.4 is 0 Å². The van der Waals surface area contributed by atoms with E-state index in [1.54, 1.807) is 20.8 Å². The van der Waals surface area contributed by atoms with Crippen molar-refractivity contribution in [3.05, 3.63) is 23.8 Å². The maximum atomic E-state index is 13.3. The third kappa shape index (κ3) is 6.27. The SMILES string of the molecule is CCSc1cccc(C(F)(F)F)c1S(=O)(=O)OCP(=O)(CC)OC(C)C. The molecule has 0 heterocycles. The van der Waals surface area contributed by atoms with Crippen molar-refractivity contribution < 1.29 is 34.9 Å². The molecule has 0 aliphatic carbocycles. The van der Waals surface area contributed by atoms with E-state index in [1.165, 1.54) is 13.0 Å². The third-order valence-electron chi connectivity index (χ3n) is 3.12. The summed E-state index contributed by atoms with van der Waals surface area (Å²) in [5.41, 5.74) is -1.31. The first-order chi connectivity index (χ1) is 11.9. The number of halogens is 3. The third-order valence-corrected chi connectivity index (χ3v) is 8.03. The first kappa shape index (κ1) is 23.5. The molecule has 0 aliphatic rings. The molecule has 26 heavy (non-hydrogen) atoms. The minimum atomic E-state index is -4.88. The lowest BCUT2D eigenvalue weighted by Gasteiger charge is -2.21. The Hall–Kier alpha value is -0.540. The van der Waals surface area contributed by atoms with E-state index >= 15 is 0 Å². The largest absolute Gasteiger partial charge is 0.417 e. The van der Waals surface area contributed by atoms with Gasteiger partial charge in [-0.3, -0.25) is 8.75 Å². The topological polar surface area (TPSA) is 69.7 Å². The molecule has 5 nitrogen and oxygen atoms in total. The summed E-state index contributed by atoms with van der Waals surface area (Å²) in [6.07, 6.45) is -6.13. The van der Waals surface area contributed by atoms with Crippen LogP contribution in [0.15, 0.2) is 28.0 Å². The molecule has 1 aromatic carbocycles. The second-order valence-corrected chi connectivity index (χ2v) is 11.1. The number of thioether (sulfide) groups is 1. The van der Waals surface area contributed by atoms with E-state index in [0.717, 1.165) is 17.8 Å². The summed E-state index contributed by atoms with van der Waals surface area (Å²) in [5.74, 6) is 0.369. The number of benzene rings is 1. The molecular weight excluding hydrogens is 412 g/mol. The van der Waals surface area contributed by atoms with Crippen LogP contribution in [0, 0.1) is 0 Å². The first-order valence-corrected chi connectivity index (χ1v) is 12.2. The predicted molar refractivity (Wildman–Crippen MR) is 95.3 cm³/mol. The van der Waals surface area contributed by atoms with Crippen molar-refractivity contribution in [2.45, 2.75) is 49.8 Å². The lowest BCUT2D eigenvalue weighted by molar-refractivity contribution is -0.140. The van der Waals surface area contributed by atoms with E-state index in [4.69, 9.17) is 8.71 Å². The van der Waals surface area contributed by atoms with Crippen LogP contribution in [0.25, 0.3) is 0 Å². The van der Waals surface area contributed by atoms with Crippen molar-refractivity contribution in [2.75, 3.05) is 18.3 Å². The zero-order chi connectivity index (χ0) is 20.2. The Kier molecular flexibility index (Phi) is 8.23. The Morgan fingerprint density at radius 3 is 2.31 bits per heavy atom. The highest BCUT2D eigenvalue weighted by atomic mass is 32.2. The molecule has 0 aliphatic heterocycles. The molecule has 0 fully saturated rings. The molecule has 1 unspecified atom stereocenters. The normalized spacial score (nSPS) is 15.2. The lowest BCUT2D eigenvalue weighted by Crippen LogP contribution is -2.18. The van der Waals surface area contributed by atoms with Crippen LogP contribution in [-0.4, -0.2) is 32.8 Å². The van der Waals surface area contributed by atoms with Crippen LogP contribution in [-0.2, 0) is 29.6 Å².